The molecule has 0 aliphatic heterocycles. The second kappa shape index (κ2) is 6.95. The SMILES string of the molecule is COc1ccc2cc(C(=O)Nc3ccc(OCC(F)(F)F)nc3)[nH]c2c1. The predicted molar refractivity (Wildman–Crippen MR) is 88.6 cm³/mol. The average molecular weight is 365 g/mol. The van der Waals surface area contributed by atoms with Crippen LogP contribution in [0.1, 0.15) is 10.5 Å². The normalized spacial score (nSPS) is 11.4. The number of anilines is 1. The number of rotatable bonds is 5. The highest BCUT2D eigenvalue weighted by molar-refractivity contribution is 6.05. The summed E-state index contributed by atoms with van der Waals surface area (Å²) in [6, 6.07) is 9.69. The van der Waals surface area contributed by atoms with Gasteiger partial charge in [0.25, 0.3) is 5.91 Å². The molecule has 0 aliphatic carbocycles. The van der Waals surface area contributed by atoms with E-state index >= 15 is 0 Å². The summed E-state index contributed by atoms with van der Waals surface area (Å²) in [4.78, 5) is 19.0. The van der Waals surface area contributed by atoms with Crippen LogP contribution in [0, 0.1) is 0 Å². The molecule has 0 atom stereocenters. The van der Waals surface area contributed by atoms with Crippen LogP contribution in [0.3, 0.4) is 0 Å². The van der Waals surface area contributed by atoms with E-state index in [-0.39, 0.29) is 5.88 Å². The van der Waals surface area contributed by atoms with Gasteiger partial charge in [-0.2, -0.15) is 13.2 Å². The Morgan fingerprint density at radius 2 is 2.04 bits per heavy atom. The van der Waals surface area contributed by atoms with Crippen LogP contribution < -0.4 is 14.8 Å². The summed E-state index contributed by atoms with van der Waals surface area (Å²) in [6.45, 7) is -1.43. The number of alkyl halides is 3. The minimum Gasteiger partial charge on any atom is -0.497 e. The zero-order valence-electron chi connectivity index (χ0n) is 13.6. The number of nitrogens with zero attached hydrogens (tertiary/aromatic N) is 1. The van der Waals surface area contributed by atoms with Crippen LogP contribution in [0.15, 0.2) is 42.6 Å². The summed E-state index contributed by atoms with van der Waals surface area (Å²) < 4.78 is 45.9. The fraction of sp³-hybridized carbons (Fsp3) is 0.176. The number of fused-ring (bicyclic) bond motifs is 1. The maximum atomic E-state index is 12.3. The molecule has 2 N–H and O–H groups in total. The zero-order chi connectivity index (χ0) is 18.7. The fourth-order valence-corrected chi connectivity index (χ4v) is 2.25. The van der Waals surface area contributed by atoms with Crippen LogP contribution in [0.4, 0.5) is 18.9 Å². The van der Waals surface area contributed by atoms with Crippen molar-refractivity contribution in [3.63, 3.8) is 0 Å². The Labute approximate surface area is 145 Å². The van der Waals surface area contributed by atoms with Crippen molar-refractivity contribution < 1.29 is 27.4 Å². The van der Waals surface area contributed by atoms with Gasteiger partial charge in [0.2, 0.25) is 5.88 Å². The lowest BCUT2D eigenvalue weighted by atomic mass is 10.2. The molecule has 9 heteroatoms. The number of halogens is 3. The highest BCUT2D eigenvalue weighted by atomic mass is 19.4. The molecule has 1 aromatic carbocycles. The zero-order valence-corrected chi connectivity index (χ0v) is 13.6. The monoisotopic (exact) mass is 365 g/mol. The number of H-pyrrole nitrogens is 1. The molecule has 3 aromatic rings. The van der Waals surface area contributed by atoms with Crippen molar-refractivity contribution in [3.05, 3.63) is 48.3 Å². The van der Waals surface area contributed by atoms with Gasteiger partial charge in [-0.1, -0.05) is 0 Å². The standard InChI is InChI=1S/C17H14F3N3O3/c1-25-12-4-2-10-6-14(23-13(10)7-12)16(24)22-11-3-5-15(21-8-11)26-9-17(18,19)20/h2-8,23H,9H2,1H3,(H,22,24). The number of hydrogen-bond acceptors (Lipinski definition) is 4. The topological polar surface area (TPSA) is 76.2 Å². The van der Waals surface area contributed by atoms with Gasteiger partial charge < -0.3 is 19.8 Å². The second-order valence-electron chi connectivity index (χ2n) is 5.38. The molecule has 0 fully saturated rings. The van der Waals surface area contributed by atoms with Crippen molar-refractivity contribution in [2.24, 2.45) is 0 Å². The van der Waals surface area contributed by atoms with Crippen LogP contribution >= 0.6 is 0 Å². The average Bonchev–Trinajstić information content (AvgIpc) is 3.03. The lowest BCUT2D eigenvalue weighted by Gasteiger charge is -2.09. The Morgan fingerprint density at radius 1 is 1.23 bits per heavy atom. The number of hydrogen-bond donors (Lipinski definition) is 2. The van der Waals surface area contributed by atoms with E-state index in [4.69, 9.17) is 4.74 Å². The molecule has 136 valence electrons. The van der Waals surface area contributed by atoms with Gasteiger partial charge in [-0.15, -0.1) is 0 Å². The van der Waals surface area contributed by atoms with E-state index in [0.29, 0.717) is 17.1 Å². The molecule has 26 heavy (non-hydrogen) atoms. The van der Waals surface area contributed by atoms with Crippen molar-refractivity contribution in [3.8, 4) is 11.6 Å². The Morgan fingerprint density at radius 3 is 2.69 bits per heavy atom. The molecule has 0 saturated heterocycles. The van der Waals surface area contributed by atoms with Crippen molar-refractivity contribution in [2.75, 3.05) is 19.0 Å². The molecule has 0 spiro atoms. The van der Waals surface area contributed by atoms with Crippen LogP contribution in [-0.4, -0.2) is 35.8 Å². The van der Waals surface area contributed by atoms with E-state index in [2.05, 4.69) is 20.0 Å². The summed E-state index contributed by atoms with van der Waals surface area (Å²) in [7, 11) is 1.55. The minimum absolute atomic E-state index is 0.182. The molecular formula is C17H14F3N3O3. The first-order valence-electron chi connectivity index (χ1n) is 7.48. The predicted octanol–water partition coefficient (Wildman–Crippen LogP) is 3.76. The molecule has 0 unspecified atom stereocenters. The molecule has 1 amide bonds. The third-order valence-electron chi connectivity index (χ3n) is 3.45. The van der Waals surface area contributed by atoms with Crippen molar-refractivity contribution in [2.45, 2.75) is 6.18 Å². The van der Waals surface area contributed by atoms with Crippen molar-refractivity contribution in [1.82, 2.24) is 9.97 Å². The summed E-state index contributed by atoms with van der Waals surface area (Å²) >= 11 is 0. The molecule has 0 saturated carbocycles. The van der Waals surface area contributed by atoms with Crippen molar-refractivity contribution in [1.29, 1.82) is 0 Å². The highest BCUT2D eigenvalue weighted by Crippen LogP contribution is 2.22. The number of aromatic amines is 1. The molecular weight excluding hydrogens is 351 g/mol. The molecule has 3 rings (SSSR count). The lowest BCUT2D eigenvalue weighted by Crippen LogP contribution is -2.19. The summed E-state index contributed by atoms with van der Waals surface area (Å²) in [5.74, 6) is 0.0638. The molecule has 0 bridgehead atoms. The van der Waals surface area contributed by atoms with Crippen LogP contribution in [0.25, 0.3) is 10.9 Å². The van der Waals surface area contributed by atoms with Gasteiger partial charge in [0, 0.05) is 23.0 Å². The number of benzene rings is 1. The van der Waals surface area contributed by atoms with Crippen LogP contribution in [-0.2, 0) is 0 Å². The van der Waals surface area contributed by atoms with Gasteiger partial charge in [0.15, 0.2) is 6.61 Å². The van der Waals surface area contributed by atoms with Gasteiger partial charge in [-0.25, -0.2) is 4.98 Å². The van der Waals surface area contributed by atoms with Crippen LogP contribution in [0.5, 0.6) is 11.6 Å². The number of nitrogens with one attached hydrogen (secondary N) is 2. The third kappa shape index (κ3) is 4.24. The Hall–Kier alpha value is -3.23. The first kappa shape index (κ1) is 17.6. The molecule has 6 nitrogen and oxygen atoms in total. The maximum absolute atomic E-state index is 12.3. The van der Waals surface area contributed by atoms with E-state index in [1.165, 1.54) is 18.3 Å². The second-order valence-corrected chi connectivity index (χ2v) is 5.38. The summed E-state index contributed by atoms with van der Waals surface area (Å²) in [5, 5.41) is 3.44. The number of aromatic nitrogens is 2. The smallest absolute Gasteiger partial charge is 0.422 e. The highest BCUT2D eigenvalue weighted by Gasteiger charge is 2.28. The van der Waals surface area contributed by atoms with Gasteiger partial charge in [0.1, 0.15) is 11.4 Å². The molecule has 0 aliphatic rings. The van der Waals surface area contributed by atoms with Crippen molar-refractivity contribution >= 4 is 22.5 Å². The molecule has 2 heterocycles. The number of methoxy groups -OCH3 is 1. The van der Waals surface area contributed by atoms with E-state index in [9.17, 15) is 18.0 Å². The van der Waals surface area contributed by atoms with E-state index in [1.807, 2.05) is 6.07 Å². The minimum atomic E-state index is -4.44. The first-order chi connectivity index (χ1) is 12.3. The Kier molecular flexibility index (Phi) is 4.70. The largest absolute Gasteiger partial charge is 0.497 e. The van der Waals surface area contributed by atoms with E-state index in [1.54, 1.807) is 25.3 Å². The molecule has 2 aromatic heterocycles. The van der Waals surface area contributed by atoms with Gasteiger partial charge in [-0.05, 0) is 24.3 Å². The number of carbonyl (C=O) groups excluding carboxylic acids is 1. The van der Waals surface area contributed by atoms with Gasteiger partial charge >= 0.3 is 6.18 Å². The van der Waals surface area contributed by atoms with E-state index in [0.717, 1.165) is 10.9 Å². The van der Waals surface area contributed by atoms with Crippen LogP contribution in [0.2, 0.25) is 0 Å². The quantitative estimate of drug-likeness (QED) is 0.722. The Balaban J connectivity index is 1.67. The first-order valence-corrected chi connectivity index (χ1v) is 7.48. The Bertz CT molecular complexity index is 920. The number of amides is 1. The molecule has 0 radical (unpaired) electrons. The fourth-order valence-electron chi connectivity index (χ4n) is 2.25. The summed E-state index contributed by atoms with van der Waals surface area (Å²) in [6.07, 6.45) is -3.22. The number of ether oxygens (including phenoxy) is 2. The van der Waals surface area contributed by atoms with E-state index < -0.39 is 18.7 Å². The summed E-state index contributed by atoms with van der Waals surface area (Å²) in [5.41, 5.74) is 1.39. The number of pyridine rings is 1. The third-order valence-corrected chi connectivity index (χ3v) is 3.45. The van der Waals surface area contributed by atoms with Gasteiger partial charge in [-0.3, -0.25) is 4.79 Å². The maximum Gasteiger partial charge on any atom is 0.422 e. The van der Waals surface area contributed by atoms with Gasteiger partial charge in [0.05, 0.1) is 19.0 Å². The lowest BCUT2D eigenvalue weighted by molar-refractivity contribution is -0.154. The number of carbonyl (C=O) groups is 1.